The van der Waals surface area contributed by atoms with E-state index >= 15 is 0 Å². The highest BCUT2D eigenvalue weighted by molar-refractivity contribution is 5.96. The predicted molar refractivity (Wildman–Crippen MR) is 246 cm³/mol. The highest BCUT2D eigenvalue weighted by atomic mass is 16.5. The highest BCUT2D eigenvalue weighted by Crippen LogP contribution is 2.42. The Kier molecular flexibility index (Phi) is 13.1. The van der Waals surface area contributed by atoms with Gasteiger partial charge in [0.15, 0.2) is 0 Å². The topological polar surface area (TPSA) is 177 Å². The number of aromatic hydroxyl groups is 1. The van der Waals surface area contributed by atoms with Crippen LogP contribution in [0.15, 0.2) is 54.7 Å². The molecule has 4 aliphatic heterocycles. The van der Waals surface area contributed by atoms with Crippen LogP contribution in [0.25, 0.3) is 33.3 Å². The van der Waals surface area contributed by atoms with Crippen LogP contribution in [0, 0.1) is 17.3 Å². The van der Waals surface area contributed by atoms with Crippen LogP contribution in [0.5, 0.6) is 5.75 Å². The highest BCUT2D eigenvalue weighted by Gasteiger charge is 2.53. The van der Waals surface area contributed by atoms with E-state index in [2.05, 4.69) is 59.6 Å². The van der Waals surface area contributed by atoms with E-state index in [1.807, 2.05) is 39.0 Å². The molecule has 6 heterocycles. The second-order valence-electron chi connectivity index (χ2n) is 19.6. The van der Waals surface area contributed by atoms with Gasteiger partial charge >= 0.3 is 5.97 Å². The molecule has 348 valence electrons. The van der Waals surface area contributed by atoms with Crippen molar-refractivity contribution in [1.29, 1.82) is 0 Å². The summed E-state index contributed by atoms with van der Waals surface area (Å²) in [6, 6.07) is 12.8. The Bertz CT molecular complexity index is 2460. The number of likely N-dealkylation sites (N-methyl/N-ethyl adjacent to an activating group) is 1. The summed E-state index contributed by atoms with van der Waals surface area (Å²) in [5.74, 6) is -2.14. The molecule has 8 rings (SSSR count). The number of esters is 1. The number of amides is 3. The lowest BCUT2D eigenvalue weighted by Gasteiger charge is -2.44. The van der Waals surface area contributed by atoms with Crippen molar-refractivity contribution in [3.05, 3.63) is 71.5 Å². The predicted octanol–water partition coefficient (Wildman–Crippen LogP) is 5.31. The third kappa shape index (κ3) is 9.00. The van der Waals surface area contributed by atoms with E-state index in [0.29, 0.717) is 64.1 Å². The third-order valence-corrected chi connectivity index (χ3v) is 13.9. The molecule has 3 amide bonds. The number of phenolic OH excluding ortho intramolecular Hbond substituents is 1. The van der Waals surface area contributed by atoms with E-state index in [9.17, 15) is 24.3 Å². The molecule has 15 heteroatoms. The fraction of sp³-hybridized carbons (Fsp3) is 0.540. The first kappa shape index (κ1) is 46.2. The van der Waals surface area contributed by atoms with Crippen molar-refractivity contribution in [2.45, 2.75) is 110 Å². The fourth-order valence-electron chi connectivity index (χ4n) is 10.5. The molecule has 6 bridgehead atoms. The van der Waals surface area contributed by atoms with Crippen LogP contribution in [0.4, 0.5) is 0 Å². The average molecular weight is 892 g/mol. The van der Waals surface area contributed by atoms with Crippen LogP contribution in [0.3, 0.4) is 0 Å². The Hall–Kier alpha value is -5.35. The molecule has 0 saturated carbocycles. The van der Waals surface area contributed by atoms with Crippen LogP contribution < -0.4 is 16.1 Å². The maximum Gasteiger partial charge on any atom is 0.324 e. The van der Waals surface area contributed by atoms with Crippen LogP contribution in [-0.2, 0) is 52.8 Å². The monoisotopic (exact) mass is 891 g/mol. The lowest BCUT2D eigenvalue weighted by Crippen LogP contribution is -2.65. The van der Waals surface area contributed by atoms with Crippen molar-refractivity contribution in [2.75, 3.05) is 47.1 Å². The lowest BCUT2D eigenvalue weighted by molar-refractivity contribution is -0.156. The van der Waals surface area contributed by atoms with E-state index < -0.39 is 46.9 Å². The molecule has 0 radical (unpaired) electrons. The summed E-state index contributed by atoms with van der Waals surface area (Å²) in [7, 11) is 3.34. The number of rotatable bonds is 9. The minimum Gasteiger partial charge on any atom is -0.508 e. The minimum absolute atomic E-state index is 0.00891. The van der Waals surface area contributed by atoms with Crippen molar-refractivity contribution in [2.24, 2.45) is 17.3 Å². The van der Waals surface area contributed by atoms with Gasteiger partial charge in [0, 0.05) is 61.7 Å². The summed E-state index contributed by atoms with van der Waals surface area (Å²) >= 11 is 0. The van der Waals surface area contributed by atoms with Gasteiger partial charge in [-0.05, 0) is 111 Å². The molecule has 3 fully saturated rings. The maximum atomic E-state index is 14.7. The van der Waals surface area contributed by atoms with Gasteiger partial charge in [-0.1, -0.05) is 39.8 Å². The van der Waals surface area contributed by atoms with E-state index in [4.69, 9.17) is 19.2 Å². The van der Waals surface area contributed by atoms with Crippen molar-refractivity contribution in [1.82, 2.24) is 35.5 Å². The summed E-state index contributed by atoms with van der Waals surface area (Å²) in [5.41, 5.74) is 9.26. The van der Waals surface area contributed by atoms with Gasteiger partial charge in [0.1, 0.15) is 23.9 Å². The Morgan fingerprint density at radius 2 is 1.85 bits per heavy atom. The number of hydrogen-bond donors (Lipinski definition) is 4. The number of phenols is 1. The summed E-state index contributed by atoms with van der Waals surface area (Å²) in [6.07, 6.45) is 3.71. The van der Waals surface area contributed by atoms with E-state index in [1.165, 1.54) is 9.91 Å². The SMILES string of the molecule is CCn1c(-c2cccnc2[C@H](C)OC)c2c3cc(ccc31)-c1cc(O)cc(c1)C[C@H](NC(=O)C(C(C)C)N(C)C(=O)C1CCNC13COC3)C(=O)N1CCC[C@H](N1)C(=O)OCC(C)(C)C2. The second kappa shape index (κ2) is 18.5. The van der Waals surface area contributed by atoms with Crippen LogP contribution in [-0.4, -0.2) is 119 Å². The zero-order chi connectivity index (χ0) is 46.4. The van der Waals surface area contributed by atoms with Crippen molar-refractivity contribution in [3.63, 3.8) is 0 Å². The van der Waals surface area contributed by atoms with Crippen LogP contribution >= 0.6 is 0 Å². The normalized spacial score (nSPS) is 22.8. The number of nitrogens with one attached hydrogen (secondary N) is 3. The molecule has 2 aromatic heterocycles. The quantitative estimate of drug-likeness (QED) is 0.160. The fourth-order valence-corrected chi connectivity index (χ4v) is 10.5. The van der Waals surface area contributed by atoms with Gasteiger partial charge in [0.05, 0.1) is 48.8 Å². The van der Waals surface area contributed by atoms with Crippen molar-refractivity contribution >= 4 is 34.6 Å². The first-order chi connectivity index (χ1) is 31.0. The Balaban J connectivity index is 1.21. The van der Waals surface area contributed by atoms with E-state index in [1.54, 1.807) is 32.5 Å². The van der Waals surface area contributed by atoms with Crippen LogP contribution in [0.2, 0.25) is 0 Å². The number of aromatic nitrogens is 2. The molecular weight excluding hydrogens is 827 g/mol. The van der Waals surface area contributed by atoms with Gasteiger partial charge in [-0.2, -0.15) is 0 Å². The summed E-state index contributed by atoms with van der Waals surface area (Å²) in [5, 5.41) is 20.3. The number of nitrogens with zero attached hydrogens (tertiary/aromatic N) is 4. The molecular formula is C50H65N7O8. The minimum atomic E-state index is -1.13. The molecule has 4 aliphatic rings. The van der Waals surface area contributed by atoms with Gasteiger partial charge in [-0.3, -0.25) is 29.2 Å². The smallest absolute Gasteiger partial charge is 0.324 e. The summed E-state index contributed by atoms with van der Waals surface area (Å²) in [6.45, 7) is 14.7. The van der Waals surface area contributed by atoms with Crippen molar-refractivity contribution < 1.29 is 38.5 Å². The number of carbonyl (C=O) groups is 4. The van der Waals surface area contributed by atoms with Gasteiger partial charge < -0.3 is 39.4 Å². The number of ether oxygens (including phenoxy) is 3. The Morgan fingerprint density at radius 3 is 2.55 bits per heavy atom. The first-order valence-electron chi connectivity index (χ1n) is 23.1. The number of fused-ring (bicyclic) bond motifs is 6. The Morgan fingerprint density at radius 1 is 1.06 bits per heavy atom. The number of carbonyl (C=O) groups excluding carboxylic acids is 4. The Labute approximate surface area is 381 Å². The van der Waals surface area contributed by atoms with Crippen molar-refractivity contribution in [3.8, 4) is 28.1 Å². The van der Waals surface area contributed by atoms with Gasteiger partial charge in [0.2, 0.25) is 11.8 Å². The third-order valence-electron chi connectivity index (χ3n) is 13.9. The lowest BCUT2D eigenvalue weighted by atomic mass is 9.82. The molecule has 4 N–H and O–H groups in total. The summed E-state index contributed by atoms with van der Waals surface area (Å²) < 4.78 is 19.7. The maximum absolute atomic E-state index is 14.7. The molecule has 4 aromatic rings. The average Bonchev–Trinajstić information content (AvgIpc) is 3.86. The molecule has 5 atom stereocenters. The second-order valence-corrected chi connectivity index (χ2v) is 19.6. The largest absolute Gasteiger partial charge is 0.508 e. The molecule has 15 nitrogen and oxygen atoms in total. The van der Waals surface area contributed by atoms with E-state index in [0.717, 1.165) is 44.5 Å². The summed E-state index contributed by atoms with van der Waals surface area (Å²) in [4.78, 5) is 63.7. The molecule has 2 unspecified atom stereocenters. The zero-order valence-electron chi connectivity index (χ0n) is 39.0. The number of methoxy groups -OCH3 is 1. The number of aryl methyl sites for hydroxylation is 1. The number of hydrazine groups is 1. The molecule has 0 aliphatic carbocycles. The van der Waals surface area contributed by atoms with Gasteiger partial charge in [-0.15, -0.1) is 0 Å². The van der Waals surface area contributed by atoms with Gasteiger partial charge in [0.25, 0.3) is 5.91 Å². The standard InChI is InChI=1S/C50H65N7O8/c1-9-56-41-15-14-32-24-36(41)37(44(56)35-12-10-17-51-42(35)30(4)63-8)25-49(5,6)26-65-48(62)39-13-11-19-57(54-39)47(61)40(22-31-20-33(32)23-34(58)21-31)53-45(59)43(29(2)3)55(7)46(60)38-16-18-52-50(38)27-64-28-50/h10,12,14-15,17,20-21,23-24,29-30,38-40,43,52,54,58H,9,11,13,16,18-19,22,25-28H2,1-8H3,(H,53,59)/t30-,38?,39-,40-,43?/m0/s1. The number of pyridine rings is 1. The molecule has 2 aromatic carbocycles. The molecule has 1 spiro atoms. The molecule has 65 heavy (non-hydrogen) atoms. The van der Waals surface area contributed by atoms with E-state index in [-0.39, 0.29) is 42.6 Å². The number of cyclic esters (lactones) is 1. The first-order valence-corrected chi connectivity index (χ1v) is 23.1. The zero-order valence-corrected chi connectivity index (χ0v) is 39.0. The number of benzene rings is 2. The molecule has 3 saturated heterocycles. The van der Waals surface area contributed by atoms with Crippen LogP contribution in [0.1, 0.15) is 83.7 Å². The van der Waals surface area contributed by atoms with Gasteiger partial charge in [-0.25, -0.2) is 5.43 Å². The number of hydrogen-bond acceptors (Lipinski definition) is 11.